The molecule has 0 saturated carbocycles. The highest BCUT2D eigenvalue weighted by atomic mass is 32.2. The van der Waals surface area contributed by atoms with E-state index in [1.54, 1.807) is 6.92 Å². The monoisotopic (exact) mass is 228 g/mol. The molecule has 1 rings (SSSR count). The Balaban J connectivity index is 2.91. The van der Waals surface area contributed by atoms with E-state index >= 15 is 0 Å². The number of nitrogens with one attached hydrogen (secondary N) is 2. The molecule has 0 aromatic carbocycles. The highest BCUT2D eigenvalue weighted by Crippen LogP contribution is 2.03. The van der Waals surface area contributed by atoms with Crippen LogP contribution in [0.25, 0.3) is 0 Å². The molecule has 15 heavy (non-hydrogen) atoms. The average molecular weight is 228 g/mol. The van der Waals surface area contributed by atoms with Crippen molar-refractivity contribution >= 4 is 10.0 Å². The van der Waals surface area contributed by atoms with Crippen LogP contribution in [0.15, 0.2) is 40.2 Å². The number of aromatic nitrogens is 1. The van der Waals surface area contributed by atoms with Crippen LogP contribution in [0, 0.1) is 0 Å². The molecule has 0 aliphatic rings. The lowest BCUT2D eigenvalue weighted by Gasteiger charge is -2.05. The molecule has 0 saturated heterocycles. The minimum absolute atomic E-state index is 0.0309. The summed E-state index contributed by atoms with van der Waals surface area (Å²) in [6, 6.07) is 2.41. The predicted octanol–water partition coefficient (Wildman–Crippen LogP) is 0.229. The number of pyridine rings is 1. The molecule has 0 spiro atoms. The maximum atomic E-state index is 11.6. The van der Waals surface area contributed by atoms with E-state index in [9.17, 15) is 13.2 Å². The van der Waals surface area contributed by atoms with E-state index < -0.39 is 10.0 Å². The van der Waals surface area contributed by atoms with Crippen LogP contribution in [0.1, 0.15) is 6.92 Å². The second kappa shape index (κ2) is 4.41. The van der Waals surface area contributed by atoms with Gasteiger partial charge in [0.2, 0.25) is 15.6 Å². The Hall–Kier alpha value is -1.40. The Kier molecular flexibility index (Phi) is 3.43. The summed E-state index contributed by atoms with van der Waals surface area (Å²) in [7, 11) is -3.55. The van der Waals surface area contributed by atoms with Crippen LogP contribution < -0.4 is 10.3 Å². The summed E-state index contributed by atoms with van der Waals surface area (Å²) in [5.41, 5.74) is 0.372. The lowest BCUT2D eigenvalue weighted by atomic mass is 10.4. The first kappa shape index (κ1) is 11.7. The first-order valence-corrected chi connectivity index (χ1v) is 5.73. The summed E-state index contributed by atoms with van der Waals surface area (Å²) in [4.78, 5) is 13.1. The van der Waals surface area contributed by atoms with Crippen molar-refractivity contribution in [3.63, 3.8) is 0 Å². The molecular weight excluding hydrogens is 216 g/mol. The van der Waals surface area contributed by atoms with Crippen molar-refractivity contribution in [2.24, 2.45) is 0 Å². The standard InChI is InChI=1S/C9H12N2O3S/c1-7(2)5-11-15(13,14)8-3-4-9(12)10-6-8/h3-4,6,11H,1,5H2,2H3,(H,10,12). The van der Waals surface area contributed by atoms with Crippen molar-refractivity contribution in [2.45, 2.75) is 11.8 Å². The highest BCUT2D eigenvalue weighted by Gasteiger charge is 2.12. The topological polar surface area (TPSA) is 79.0 Å². The predicted molar refractivity (Wildman–Crippen MR) is 57.1 cm³/mol. The van der Waals surface area contributed by atoms with Crippen LogP contribution in [0.5, 0.6) is 0 Å². The van der Waals surface area contributed by atoms with Gasteiger partial charge >= 0.3 is 0 Å². The van der Waals surface area contributed by atoms with E-state index in [2.05, 4.69) is 16.3 Å². The fourth-order valence-corrected chi connectivity index (χ4v) is 1.93. The van der Waals surface area contributed by atoms with Crippen molar-refractivity contribution in [1.82, 2.24) is 9.71 Å². The van der Waals surface area contributed by atoms with Crippen LogP contribution in [-0.4, -0.2) is 19.9 Å². The minimum atomic E-state index is -3.55. The maximum absolute atomic E-state index is 11.6. The Morgan fingerprint density at radius 3 is 2.67 bits per heavy atom. The molecular formula is C9H12N2O3S. The minimum Gasteiger partial charge on any atom is -0.328 e. The lowest BCUT2D eigenvalue weighted by Crippen LogP contribution is -2.25. The first-order chi connectivity index (χ1) is 6.92. The van der Waals surface area contributed by atoms with Crippen LogP contribution in [0.4, 0.5) is 0 Å². The first-order valence-electron chi connectivity index (χ1n) is 4.24. The van der Waals surface area contributed by atoms with Gasteiger partial charge in [-0.2, -0.15) is 0 Å². The number of hydrogen-bond donors (Lipinski definition) is 2. The van der Waals surface area contributed by atoms with Gasteiger partial charge in [-0.05, 0) is 13.0 Å². The second-order valence-corrected chi connectivity index (χ2v) is 4.94. The summed E-state index contributed by atoms with van der Waals surface area (Å²) in [6.45, 7) is 5.48. The molecule has 6 heteroatoms. The summed E-state index contributed by atoms with van der Waals surface area (Å²) in [6.07, 6.45) is 1.16. The molecule has 2 N–H and O–H groups in total. The molecule has 0 fully saturated rings. The van der Waals surface area contributed by atoms with Crippen LogP contribution >= 0.6 is 0 Å². The van der Waals surface area contributed by atoms with E-state index in [1.807, 2.05) is 0 Å². The molecule has 0 amide bonds. The third-order valence-corrected chi connectivity index (χ3v) is 3.03. The quantitative estimate of drug-likeness (QED) is 0.724. The van der Waals surface area contributed by atoms with Gasteiger partial charge in [0.05, 0.1) is 4.90 Å². The Labute approximate surface area is 87.9 Å². The van der Waals surface area contributed by atoms with E-state index in [0.29, 0.717) is 5.57 Å². The highest BCUT2D eigenvalue weighted by molar-refractivity contribution is 7.89. The zero-order valence-corrected chi connectivity index (χ0v) is 9.10. The number of aromatic amines is 1. The van der Waals surface area contributed by atoms with Crippen molar-refractivity contribution in [1.29, 1.82) is 0 Å². The van der Waals surface area contributed by atoms with E-state index in [0.717, 1.165) is 12.3 Å². The molecule has 0 unspecified atom stereocenters. The van der Waals surface area contributed by atoms with Gasteiger partial charge < -0.3 is 4.98 Å². The average Bonchev–Trinajstić information content (AvgIpc) is 2.16. The van der Waals surface area contributed by atoms with E-state index in [4.69, 9.17) is 0 Å². The molecule has 1 aromatic rings. The molecule has 0 radical (unpaired) electrons. The Bertz CT molecular complexity index is 496. The molecule has 5 nitrogen and oxygen atoms in total. The van der Waals surface area contributed by atoms with Gasteiger partial charge in [-0.25, -0.2) is 13.1 Å². The van der Waals surface area contributed by atoms with E-state index in [1.165, 1.54) is 6.07 Å². The molecule has 0 aliphatic heterocycles. The van der Waals surface area contributed by atoms with Gasteiger partial charge in [0.1, 0.15) is 0 Å². The SMILES string of the molecule is C=C(C)CNS(=O)(=O)c1ccc(=O)[nH]c1. The summed E-state index contributed by atoms with van der Waals surface area (Å²) >= 11 is 0. The fourth-order valence-electron chi connectivity index (χ4n) is 0.865. The van der Waals surface area contributed by atoms with Crippen LogP contribution in [0.3, 0.4) is 0 Å². The van der Waals surface area contributed by atoms with Gasteiger partial charge in [-0.3, -0.25) is 4.79 Å². The molecule has 0 bridgehead atoms. The number of sulfonamides is 1. The van der Waals surface area contributed by atoms with Crippen molar-refractivity contribution < 1.29 is 8.42 Å². The zero-order chi connectivity index (χ0) is 11.5. The van der Waals surface area contributed by atoms with Gasteiger partial charge in [0.15, 0.2) is 0 Å². The lowest BCUT2D eigenvalue weighted by molar-refractivity contribution is 0.584. The zero-order valence-electron chi connectivity index (χ0n) is 8.28. The Morgan fingerprint density at radius 1 is 1.53 bits per heavy atom. The maximum Gasteiger partial charge on any atom is 0.247 e. The Morgan fingerprint density at radius 2 is 2.20 bits per heavy atom. The largest absolute Gasteiger partial charge is 0.328 e. The van der Waals surface area contributed by atoms with Crippen molar-refractivity contribution in [3.05, 3.63) is 40.8 Å². The van der Waals surface area contributed by atoms with E-state index in [-0.39, 0.29) is 17.0 Å². The smallest absolute Gasteiger partial charge is 0.247 e. The van der Waals surface area contributed by atoms with Crippen LogP contribution in [-0.2, 0) is 10.0 Å². The molecule has 1 aromatic heterocycles. The van der Waals surface area contributed by atoms with Crippen LogP contribution in [0.2, 0.25) is 0 Å². The number of H-pyrrole nitrogens is 1. The molecule has 1 heterocycles. The van der Waals surface area contributed by atoms with Gasteiger partial charge in [-0.1, -0.05) is 12.2 Å². The summed E-state index contributed by atoms with van der Waals surface area (Å²) in [5.74, 6) is 0. The molecule has 0 atom stereocenters. The fraction of sp³-hybridized carbons (Fsp3) is 0.222. The number of hydrogen-bond acceptors (Lipinski definition) is 3. The van der Waals surface area contributed by atoms with Crippen molar-refractivity contribution in [3.8, 4) is 0 Å². The summed E-state index contributed by atoms with van der Waals surface area (Å²) < 4.78 is 25.5. The number of rotatable bonds is 4. The molecule has 0 aliphatic carbocycles. The van der Waals surface area contributed by atoms with Crippen molar-refractivity contribution in [2.75, 3.05) is 6.54 Å². The van der Waals surface area contributed by atoms with Gasteiger partial charge in [0.25, 0.3) is 0 Å². The third-order valence-electron chi connectivity index (χ3n) is 1.63. The molecule has 82 valence electrons. The summed E-state index contributed by atoms with van der Waals surface area (Å²) in [5, 5.41) is 0. The second-order valence-electron chi connectivity index (χ2n) is 3.17. The van der Waals surface area contributed by atoms with Gasteiger partial charge in [-0.15, -0.1) is 0 Å². The normalized spacial score (nSPS) is 11.3. The third kappa shape index (κ3) is 3.34. The van der Waals surface area contributed by atoms with Gasteiger partial charge in [0, 0.05) is 18.8 Å².